The van der Waals surface area contributed by atoms with Gasteiger partial charge in [-0.05, 0) is 32.1 Å². The summed E-state index contributed by atoms with van der Waals surface area (Å²) in [5, 5.41) is 0. The molecule has 0 aromatic rings. The van der Waals surface area contributed by atoms with Crippen LogP contribution >= 0.6 is 0 Å². The van der Waals surface area contributed by atoms with Gasteiger partial charge in [0.2, 0.25) is 0 Å². The lowest BCUT2D eigenvalue weighted by Gasteiger charge is -2.35. The van der Waals surface area contributed by atoms with Gasteiger partial charge in [-0.1, -0.05) is 6.92 Å². The molecule has 1 aliphatic carbocycles. The molecule has 0 spiro atoms. The first-order valence-electron chi connectivity index (χ1n) is 6.30. The molecule has 0 radical (unpaired) electrons. The normalized spacial score (nSPS) is 26.2. The number of ketones is 1. The molecular weight excluding hydrogens is 204 g/mol. The molecule has 0 aromatic heterocycles. The summed E-state index contributed by atoms with van der Waals surface area (Å²) in [7, 11) is 1.68. The van der Waals surface area contributed by atoms with Gasteiger partial charge < -0.3 is 9.47 Å². The van der Waals surface area contributed by atoms with E-state index in [2.05, 4.69) is 0 Å². The van der Waals surface area contributed by atoms with Crippen LogP contribution in [0.15, 0.2) is 0 Å². The molecule has 1 saturated carbocycles. The third-order valence-electron chi connectivity index (χ3n) is 3.39. The predicted octanol–water partition coefficient (Wildman–Crippen LogP) is 2.43. The van der Waals surface area contributed by atoms with Crippen molar-refractivity contribution in [3.63, 3.8) is 0 Å². The second-order valence-electron chi connectivity index (χ2n) is 4.77. The molecule has 1 unspecified atom stereocenters. The predicted molar refractivity (Wildman–Crippen MR) is 63.4 cm³/mol. The largest absolute Gasteiger partial charge is 0.385 e. The van der Waals surface area contributed by atoms with Gasteiger partial charge in [0, 0.05) is 32.7 Å². The van der Waals surface area contributed by atoms with Crippen molar-refractivity contribution in [1.82, 2.24) is 0 Å². The number of carbonyl (C=O) groups is 1. The number of hydrogen-bond donors (Lipinski definition) is 0. The fourth-order valence-electron chi connectivity index (χ4n) is 2.15. The van der Waals surface area contributed by atoms with Crippen molar-refractivity contribution >= 4 is 5.78 Å². The molecule has 1 aliphatic rings. The molecule has 0 amide bonds. The number of hydrogen-bond acceptors (Lipinski definition) is 3. The molecule has 0 aromatic carbocycles. The summed E-state index contributed by atoms with van der Waals surface area (Å²) in [6, 6.07) is 0. The average molecular weight is 228 g/mol. The van der Waals surface area contributed by atoms with Gasteiger partial charge in [-0.15, -0.1) is 0 Å². The van der Waals surface area contributed by atoms with Gasteiger partial charge in [-0.3, -0.25) is 4.79 Å². The van der Waals surface area contributed by atoms with Crippen LogP contribution in [-0.2, 0) is 14.3 Å². The van der Waals surface area contributed by atoms with Crippen LogP contribution in [0.4, 0.5) is 0 Å². The first kappa shape index (κ1) is 13.7. The molecule has 3 nitrogen and oxygen atoms in total. The van der Waals surface area contributed by atoms with Crippen molar-refractivity contribution in [1.29, 1.82) is 0 Å². The van der Waals surface area contributed by atoms with Crippen molar-refractivity contribution in [3.05, 3.63) is 0 Å². The Labute approximate surface area is 98.5 Å². The van der Waals surface area contributed by atoms with Crippen LogP contribution in [0.1, 0.15) is 39.5 Å². The average Bonchev–Trinajstić information content (AvgIpc) is 2.22. The highest BCUT2D eigenvalue weighted by Gasteiger charge is 2.31. The van der Waals surface area contributed by atoms with E-state index in [1.54, 1.807) is 7.11 Å². The summed E-state index contributed by atoms with van der Waals surface area (Å²) in [5.41, 5.74) is 0. The Morgan fingerprint density at radius 3 is 2.69 bits per heavy atom. The van der Waals surface area contributed by atoms with E-state index in [1.807, 2.05) is 13.8 Å². The van der Waals surface area contributed by atoms with Gasteiger partial charge in [-0.25, -0.2) is 0 Å². The van der Waals surface area contributed by atoms with E-state index in [-0.39, 0.29) is 5.92 Å². The van der Waals surface area contributed by atoms with Crippen LogP contribution in [0.25, 0.3) is 0 Å². The van der Waals surface area contributed by atoms with Crippen molar-refractivity contribution < 1.29 is 14.3 Å². The SMILES string of the molecule is CCOC1CC(CC(=O)C(C)CCOC)C1. The molecule has 0 N–H and O–H groups in total. The summed E-state index contributed by atoms with van der Waals surface area (Å²) in [4.78, 5) is 11.8. The maximum absolute atomic E-state index is 11.8. The number of carbonyl (C=O) groups excluding carboxylic acids is 1. The molecule has 0 aliphatic heterocycles. The lowest BCUT2D eigenvalue weighted by molar-refractivity contribution is -0.126. The maximum Gasteiger partial charge on any atom is 0.136 e. The first-order valence-corrected chi connectivity index (χ1v) is 6.30. The van der Waals surface area contributed by atoms with E-state index in [1.165, 1.54) is 0 Å². The highest BCUT2D eigenvalue weighted by atomic mass is 16.5. The Bertz CT molecular complexity index is 209. The van der Waals surface area contributed by atoms with Crippen molar-refractivity contribution in [2.24, 2.45) is 11.8 Å². The molecule has 0 heterocycles. The lowest BCUT2D eigenvalue weighted by atomic mass is 9.77. The summed E-state index contributed by atoms with van der Waals surface area (Å²) < 4.78 is 10.5. The molecule has 16 heavy (non-hydrogen) atoms. The van der Waals surface area contributed by atoms with Crippen LogP contribution < -0.4 is 0 Å². The van der Waals surface area contributed by atoms with E-state index < -0.39 is 0 Å². The van der Waals surface area contributed by atoms with Crippen molar-refractivity contribution in [3.8, 4) is 0 Å². The van der Waals surface area contributed by atoms with Crippen LogP contribution in [0.3, 0.4) is 0 Å². The van der Waals surface area contributed by atoms with Gasteiger partial charge in [0.15, 0.2) is 0 Å². The molecule has 1 fully saturated rings. The Hall–Kier alpha value is -0.410. The molecule has 0 bridgehead atoms. The van der Waals surface area contributed by atoms with Crippen LogP contribution in [0.5, 0.6) is 0 Å². The minimum absolute atomic E-state index is 0.145. The fraction of sp³-hybridized carbons (Fsp3) is 0.923. The molecular formula is C13H24O3. The molecule has 3 heteroatoms. The lowest BCUT2D eigenvalue weighted by Crippen LogP contribution is -2.33. The zero-order valence-electron chi connectivity index (χ0n) is 10.7. The van der Waals surface area contributed by atoms with E-state index in [0.29, 0.717) is 24.4 Å². The van der Waals surface area contributed by atoms with Crippen LogP contribution in [-0.4, -0.2) is 32.2 Å². The zero-order valence-corrected chi connectivity index (χ0v) is 10.7. The van der Waals surface area contributed by atoms with Crippen LogP contribution in [0, 0.1) is 11.8 Å². The Balaban J connectivity index is 2.11. The third-order valence-corrected chi connectivity index (χ3v) is 3.39. The fourth-order valence-corrected chi connectivity index (χ4v) is 2.15. The van der Waals surface area contributed by atoms with Crippen molar-refractivity contribution in [2.75, 3.05) is 20.3 Å². The first-order chi connectivity index (χ1) is 7.67. The molecule has 1 rings (SSSR count). The highest BCUT2D eigenvalue weighted by molar-refractivity contribution is 5.80. The number of ether oxygens (including phenoxy) is 2. The number of rotatable bonds is 8. The van der Waals surface area contributed by atoms with Crippen LogP contribution in [0.2, 0.25) is 0 Å². The van der Waals surface area contributed by atoms with Gasteiger partial charge in [-0.2, -0.15) is 0 Å². The topological polar surface area (TPSA) is 35.5 Å². The van der Waals surface area contributed by atoms with E-state index in [4.69, 9.17) is 9.47 Å². The zero-order chi connectivity index (χ0) is 12.0. The summed E-state index contributed by atoms with van der Waals surface area (Å²) in [5.74, 6) is 1.09. The summed E-state index contributed by atoms with van der Waals surface area (Å²) in [6.07, 6.45) is 4.12. The van der Waals surface area contributed by atoms with Gasteiger partial charge in [0.05, 0.1) is 6.10 Å². The van der Waals surface area contributed by atoms with Crippen molar-refractivity contribution in [2.45, 2.75) is 45.6 Å². The number of methoxy groups -OCH3 is 1. The number of Topliss-reactive ketones (excluding diaryl/α,β-unsaturated/α-hetero) is 1. The minimum Gasteiger partial charge on any atom is -0.385 e. The van der Waals surface area contributed by atoms with Gasteiger partial charge >= 0.3 is 0 Å². The molecule has 0 saturated heterocycles. The maximum atomic E-state index is 11.8. The molecule has 1 atom stereocenters. The summed E-state index contributed by atoms with van der Waals surface area (Å²) in [6.45, 7) is 5.49. The van der Waals surface area contributed by atoms with E-state index in [9.17, 15) is 4.79 Å². The Morgan fingerprint density at radius 1 is 1.44 bits per heavy atom. The molecule has 94 valence electrons. The standard InChI is InChI=1S/C13H24O3/c1-4-16-12-7-11(8-12)9-13(14)10(2)5-6-15-3/h10-12H,4-9H2,1-3H3. The van der Waals surface area contributed by atoms with E-state index in [0.717, 1.165) is 32.3 Å². The third kappa shape index (κ3) is 4.22. The monoisotopic (exact) mass is 228 g/mol. The minimum atomic E-state index is 0.145. The Morgan fingerprint density at radius 2 is 2.12 bits per heavy atom. The second kappa shape index (κ2) is 7.02. The second-order valence-corrected chi connectivity index (χ2v) is 4.77. The summed E-state index contributed by atoms with van der Waals surface area (Å²) >= 11 is 0. The highest BCUT2D eigenvalue weighted by Crippen LogP contribution is 2.33. The Kier molecular flexibility index (Phi) is 5.99. The quantitative estimate of drug-likeness (QED) is 0.640. The van der Waals surface area contributed by atoms with Gasteiger partial charge in [0.25, 0.3) is 0 Å². The van der Waals surface area contributed by atoms with Gasteiger partial charge in [0.1, 0.15) is 5.78 Å². The van der Waals surface area contributed by atoms with E-state index >= 15 is 0 Å². The smallest absolute Gasteiger partial charge is 0.136 e.